The Morgan fingerprint density at radius 2 is 1.28 bits per heavy atom. The summed E-state index contributed by atoms with van der Waals surface area (Å²) < 4.78 is 84.0. The lowest BCUT2D eigenvalue weighted by Gasteiger charge is -2.16. The van der Waals surface area contributed by atoms with Gasteiger partial charge >= 0.3 is 12.5 Å². The molecule has 1 atom stereocenters. The lowest BCUT2D eigenvalue weighted by atomic mass is 10.0. The van der Waals surface area contributed by atoms with Gasteiger partial charge in [0.2, 0.25) is 5.91 Å². The first-order valence-electron chi connectivity index (χ1n) is 10.2. The van der Waals surface area contributed by atoms with Crippen molar-refractivity contribution in [2.75, 3.05) is 0 Å². The van der Waals surface area contributed by atoms with Crippen molar-refractivity contribution in [1.29, 1.82) is 0 Å². The van der Waals surface area contributed by atoms with E-state index in [-0.39, 0.29) is 23.5 Å². The molecule has 3 N–H and O–H groups in total. The van der Waals surface area contributed by atoms with Gasteiger partial charge in [0.25, 0.3) is 5.91 Å². The summed E-state index contributed by atoms with van der Waals surface area (Å²) in [7, 11) is 0. The SMILES string of the molecule is NC(=O)C(Cc1ccc(OC(F)(F)F)cc1)NC(=O)c1ccc(Oc2ccc(C(F)(F)F)cc2)cc1. The van der Waals surface area contributed by atoms with E-state index < -0.39 is 41.7 Å². The molecule has 3 aromatic carbocycles. The highest BCUT2D eigenvalue weighted by molar-refractivity contribution is 5.97. The molecule has 0 fully saturated rings. The molecular formula is C24H18F6N2O4. The Balaban J connectivity index is 1.61. The van der Waals surface area contributed by atoms with E-state index in [1.807, 2.05) is 0 Å². The first-order valence-corrected chi connectivity index (χ1v) is 10.2. The molecule has 3 rings (SSSR count). The van der Waals surface area contributed by atoms with Crippen LogP contribution in [-0.4, -0.2) is 24.2 Å². The molecule has 0 heterocycles. The number of hydrogen-bond acceptors (Lipinski definition) is 4. The Labute approximate surface area is 200 Å². The highest BCUT2D eigenvalue weighted by atomic mass is 19.4. The smallest absolute Gasteiger partial charge is 0.457 e. The van der Waals surface area contributed by atoms with E-state index in [0.717, 1.165) is 36.4 Å². The van der Waals surface area contributed by atoms with Crippen LogP contribution in [0.5, 0.6) is 17.2 Å². The number of benzene rings is 3. The van der Waals surface area contributed by atoms with E-state index in [2.05, 4.69) is 10.1 Å². The Hall–Kier alpha value is -4.22. The van der Waals surface area contributed by atoms with Crippen molar-refractivity contribution >= 4 is 11.8 Å². The van der Waals surface area contributed by atoms with Crippen molar-refractivity contribution in [3.63, 3.8) is 0 Å². The van der Waals surface area contributed by atoms with Crippen molar-refractivity contribution in [1.82, 2.24) is 5.32 Å². The van der Waals surface area contributed by atoms with Crippen molar-refractivity contribution in [3.05, 3.63) is 89.5 Å². The van der Waals surface area contributed by atoms with Crippen LogP contribution in [0.25, 0.3) is 0 Å². The maximum Gasteiger partial charge on any atom is 0.573 e. The number of alkyl halides is 6. The van der Waals surface area contributed by atoms with E-state index in [4.69, 9.17) is 10.5 Å². The van der Waals surface area contributed by atoms with Gasteiger partial charge in [-0.3, -0.25) is 9.59 Å². The van der Waals surface area contributed by atoms with Gasteiger partial charge < -0.3 is 20.5 Å². The third-order valence-electron chi connectivity index (χ3n) is 4.78. The molecule has 0 radical (unpaired) electrons. The average Bonchev–Trinajstić information content (AvgIpc) is 2.79. The molecule has 6 nitrogen and oxygen atoms in total. The fourth-order valence-electron chi connectivity index (χ4n) is 3.05. The largest absolute Gasteiger partial charge is 0.573 e. The summed E-state index contributed by atoms with van der Waals surface area (Å²) in [4.78, 5) is 24.4. The molecule has 190 valence electrons. The number of ether oxygens (including phenoxy) is 2. The highest BCUT2D eigenvalue weighted by Crippen LogP contribution is 2.31. The quantitative estimate of drug-likeness (QED) is 0.405. The van der Waals surface area contributed by atoms with Gasteiger partial charge in [0.05, 0.1) is 5.56 Å². The molecule has 0 aliphatic carbocycles. The number of nitrogens with two attached hydrogens (primary N) is 1. The Kier molecular flexibility index (Phi) is 7.76. The Morgan fingerprint density at radius 3 is 1.75 bits per heavy atom. The summed E-state index contributed by atoms with van der Waals surface area (Å²) in [6.07, 6.45) is -9.40. The lowest BCUT2D eigenvalue weighted by molar-refractivity contribution is -0.274. The zero-order valence-electron chi connectivity index (χ0n) is 18.2. The van der Waals surface area contributed by atoms with Crippen LogP contribution in [0.15, 0.2) is 72.8 Å². The molecule has 0 aliphatic rings. The number of carbonyl (C=O) groups excluding carboxylic acids is 2. The molecular weight excluding hydrogens is 494 g/mol. The first-order chi connectivity index (χ1) is 16.8. The molecule has 0 saturated carbocycles. The summed E-state index contributed by atoms with van der Waals surface area (Å²) in [6.45, 7) is 0. The maximum atomic E-state index is 12.6. The number of primary amides is 1. The summed E-state index contributed by atoms with van der Waals surface area (Å²) >= 11 is 0. The van der Waals surface area contributed by atoms with Crippen molar-refractivity contribution in [2.45, 2.75) is 25.0 Å². The zero-order valence-corrected chi connectivity index (χ0v) is 18.2. The minimum atomic E-state index is -4.84. The third kappa shape index (κ3) is 7.65. The minimum absolute atomic E-state index is 0.0809. The van der Waals surface area contributed by atoms with E-state index in [0.29, 0.717) is 5.56 Å². The average molecular weight is 512 g/mol. The number of halogens is 6. The van der Waals surface area contributed by atoms with Crippen LogP contribution in [0, 0.1) is 0 Å². The van der Waals surface area contributed by atoms with E-state index >= 15 is 0 Å². The predicted molar refractivity (Wildman–Crippen MR) is 115 cm³/mol. The molecule has 0 aliphatic heterocycles. The van der Waals surface area contributed by atoms with Gasteiger partial charge in [0.15, 0.2) is 0 Å². The van der Waals surface area contributed by atoms with Crippen molar-refractivity contribution in [2.24, 2.45) is 5.73 Å². The van der Waals surface area contributed by atoms with Crippen LogP contribution in [0.4, 0.5) is 26.3 Å². The lowest BCUT2D eigenvalue weighted by Crippen LogP contribution is -2.45. The Bertz CT molecular complexity index is 1190. The fourth-order valence-corrected chi connectivity index (χ4v) is 3.05. The number of nitrogens with one attached hydrogen (secondary N) is 1. The Morgan fingerprint density at radius 1 is 0.778 bits per heavy atom. The topological polar surface area (TPSA) is 90.7 Å². The molecule has 3 aromatic rings. The van der Waals surface area contributed by atoms with Gasteiger partial charge in [-0.15, -0.1) is 13.2 Å². The van der Waals surface area contributed by atoms with Crippen LogP contribution < -0.4 is 20.5 Å². The fraction of sp³-hybridized carbons (Fsp3) is 0.167. The molecule has 1 unspecified atom stereocenters. The molecule has 12 heteroatoms. The van der Waals surface area contributed by atoms with Crippen LogP contribution in [-0.2, 0) is 17.4 Å². The molecule has 36 heavy (non-hydrogen) atoms. The number of rotatable bonds is 8. The zero-order chi connectivity index (χ0) is 26.5. The van der Waals surface area contributed by atoms with Crippen LogP contribution >= 0.6 is 0 Å². The third-order valence-corrected chi connectivity index (χ3v) is 4.78. The summed E-state index contributed by atoms with van der Waals surface area (Å²) in [5, 5.41) is 2.45. The van der Waals surface area contributed by atoms with Gasteiger partial charge in [-0.05, 0) is 66.2 Å². The minimum Gasteiger partial charge on any atom is -0.457 e. The number of carbonyl (C=O) groups is 2. The van der Waals surface area contributed by atoms with E-state index in [1.165, 1.54) is 36.4 Å². The first kappa shape index (κ1) is 26.4. The monoisotopic (exact) mass is 512 g/mol. The second kappa shape index (κ2) is 10.6. The molecule has 2 amide bonds. The molecule has 0 aromatic heterocycles. The summed E-state index contributed by atoms with van der Waals surface area (Å²) in [5.41, 5.74) is 5.09. The second-order valence-electron chi connectivity index (χ2n) is 7.47. The van der Waals surface area contributed by atoms with Gasteiger partial charge in [-0.2, -0.15) is 13.2 Å². The molecule has 0 bridgehead atoms. The second-order valence-corrected chi connectivity index (χ2v) is 7.47. The van der Waals surface area contributed by atoms with Crippen LogP contribution in [0.1, 0.15) is 21.5 Å². The van der Waals surface area contributed by atoms with Gasteiger partial charge in [-0.25, -0.2) is 0 Å². The maximum absolute atomic E-state index is 12.6. The van der Waals surface area contributed by atoms with Crippen LogP contribution in [0.3, 0.4) is 0 Å². The van der Waals surface area contributed by atoms with Gasteiger partial charge in [0, 0.05) is 12.0 Å². The van der Waals surface area contributed by atoms with Crippen LogP contribution in [0.2, 0.25) is 0 Å². The van der Waals surface area contributed by atoms with Crippen molar-refractivity contribution in [3.8, 4) is 17.2 Å². The number of amides is 2. The normalized spacial score (nSPS) is 12.5. The summed E-state index contributed by atoms with van der Waals surface area (Å²) in [6, 6.07) is 13.2. The van der Waals surface area contributed by atoms with E-state index in [9.17, 15) is 35.9 Å². The van der Waals surface area contributed by atoms with Gasteiger partial charge in [0.1, 0.15) is 23.3 Å². The number of hydrogen-bond donors (Lipinski definition) is 2. The summed E-state index contributed by atoms with van der Waals surface area (Å²) in [5.74, 6) is -1.55. The predicted octanol–water partition coefficient (Wildman–Crippen LogP) is 5.22. The van der Waals surface area contributed by atoms with Gasteiger partial charge in [-0.1, -0.05) is 12.1 Å². The molecule has 0 saturated heterocycles. The molecule has 0 spiro atoms. The highest BCUT2D eigenvalue weighted by Gasteiger charge is 2.31. The van der Waals surface area contributed by atoms with E-state index in [1.54, 1.807) is 0 Å². The van der Waals surface area contributed by atoms with Crippen molar-refractivity contribution < 1.29 is 45.4 Å². The standard InChI is InChI=1S/C24H18F6N2O4/c25-23(26,27)16-5-11-18(12-6-16)35-17-9-3-15(4-10-17)22(34)32-20(21(31)33)13-14-1-7-19(8-2-14)36-24(28,29)30/h1-12,20H,13H2,(H2,31,33)(H,32,34).